The van der Waals surface area contributed by atoms with Crippen molar-refractivity contribution in [2.45, 2.75) is 20.3 Å². The van der Waals surface area contributed by atoms with Crippen LogP contribution in [0.2, 0.25) is 0 Å². The summed E-state index contributed by atoms with van der Waals surface area (Å²) in [5.41, 5.74) is 4.33. The van der Waals surface area contributed by atoms with E-state index in [0.29, 0.717) is 11.6 Å². The average Bonchev–Trinajstić information content (AvgIpc) is 2.64. The van der Waals surface area contributed by atoms with E-state index in [2.05, 4.69) is 33.6 Å². The van der Waals surface area contributed by atoms with Gasteiger partial charge in [0.25, 0.3) is 5.91 Å². The molecule has 0 aliphatic rings. The maximum atomic E-state index is 12.4. The number of aromatic nitrogens is 2. The van der Waals surface area contributed by atoms with Crippen LogP contribution in [0.5, 0.6) is 0 Å². The predicted octanol–water partition coefficient (Wildman–Crippen LogP) is 4.34. The molecule has 1 amide bonds. The highest BCUT2D eigenvalue weighted by Gasteiger charge is 2.11. The van der Waals surface area contributed by atoms with Gasteiger partial charge in [-0.15, -0.1) is 0 Å². The van der Waals surface area contributed by atoms with Gasteiger partial charge in [0.1, 0.15) is 5.69 Å². The lowest BCUT2D eigenvalue weighted by atomic mass is 10.1. The number of rotatable bonds is 5. The van der Waals surface area contributed by atoms with Crippen LogP contribution in [0.3, 0.4) is 0 Å². The monoisotopic (exact) mass is 332 g/mol. The summed E-state index contributed by atoms with van der Waals surface area (Å²) in [6, 6.07) is 17.0. The van der Waals surface area contributed by atoms with Gasteiger partial charge >= 0.3 is 0 Å². The van der Waals surface area contributed by atoms with Gasteiger partial charge in [0.05, 0.1) is 0 Å². The third-order valence-corrected chi connectivity index (χ3v) is 3.90. The fourth-order valence-electron chi connectivity index (χ4n) is 2.58. The van der Waals surface area contributed by atoms with Crippen LogP contribution in [0.4, 0.5) is 17.3 Å². The summed E-state index contributed by atoms with van der Waals surface area (Å²) in [5, 5.41) is 6.07. The van der Waals surface area contributed by atoms with Crippen molar-refractivity contribution < 1.29 is 4.79 Å². The Labute approximate surface area is 147 Å². The van der Waals surface area contributed by atoms with Crippen molar-refractivity contribution in [2.24, 2.45) is 0 Å². The highest BCUT2D eigenvalue weighted by Crippen LogP contribution is 2.23. The largest absolute Gasteiger partial charge is 0.324 e. The molecule has 0 unspecified atom stereocenters. The van der Waals surface area contributed by atoms with Crippen LogP contribution in [0.1, 0.15) is 28.5 Å². The molecule has 5 heteroatoms. The maximum absolute atomic E-state index is 12.4. The van der Waals surface area contributed by atoms with Gasteiger partial charge in [-0.25, -0.2) is 9.97 Å². The average molecular weight is 332 g/mol. The minimum Gasteiger partial charge on any atom is -0.324 e. The molecule has 0 aliphatic heterocycles. The Hall–Kier alpha value is -3.21. The molecule has 0 saturated heterocycles. The molecule has 0 fully saturated rings. The lowest BCUT2D eigenvalue weighted by Gasteiger charge is -2.13. The van der Waals surface area contributed by atoms with Crippen LogP contribution in [0.25, 0.3) is 0 Å². The summed E-state index contributed by atoms with van der Waals surface area (Å²) in [6.07, 6.45) is 2.48. The maximum Gasteiger partial charge on any atom is 0.274 e. The number of carbonyl (C=O) groups excluding carboxylic acids is 1. The molecular weight excluding hydrogens is 312 g/mol. The van der Waals surface area contributed by atoms with Gasteiger partial charge < -0.3 is 10.6 Å². The van der Waals surface area contributed by atoms with E-state index in [1.807, 2.05) is 49.4 Å². The molecule has 1 aromatic heterocycles. The second-order valence-electron chi connectivity index (χ2n) is 5.67. The zero-order valence-electron chi connectivity index (χ0n) is 14.3. The zero-order valence-corrected chi connectivity index (χ0v) is 14.3. The molecular formula is C20H20N4O. The fourth-order valence-corrected chi connectivity index (χ4v) is 2.58. The van der Waals surface area contributed by atoms with Crippen molar-refractivity contribution in [3.8, 4) is 0 Å². The molecule has 0 aliphatic carbocycles. The SMILES string of the molecule is CCc1cccc(C)c1Nc1nccc(C(=O)Nc2ccccc2)n1. The zero-order chi connectivity index (χ0) is 17.6. The smallest absolute Gasteiger partial charge is 0.274 e. The number of anilines is 3. The van der Waals surface area contributed by atoms with Crippen molar-refractivity contribution in [3.63, 3.8) is 0 Å². The molecule has 0 radical (unpaired) electrons. The van der Waals surface area contributed by atoms with Gasteiger partial charge in [-0.1, -0.05) is 43.3 Å². The first-order valence-electron chi connectivity index (χ1n) is 8.22. The van der Waals surface area contributed by atoms with E-state index >= 15 is 0 Å². The lowest BCUT2D eigenvalue weighted by molar-refractivity contribution is 0.102. The number of aryl methyl sites for hydroxylation is 2. The molecule has 0 saturated carbocycles. The van der Waals surface area contributed by atoms with Gasteiger partial charge in [0.15, 0.2) is 0 Å². The molecule has 3 rings (SSSR count). The quantitative estimate of drug-likeness (QED) is 0.729. The highest BCUT2D eigenvalue weighted by molar-refractivity contribution is 6.02. The van der Waals surface area contributed by atoms with Gasteiger partial charge in [0, 0.05) is 17.6 Å². The molecule has 0 bridgehead atoms. The van der Waals surface area contributed by atoms with Crippen molar-refractivity contribution in [1.82, 2.24) is 9.97 Å². The summed E-state index contributed by atoms with van der Waals surface area (Å²) in [4.78, 5) is 21.0. The normalized spacial score (nSPS) is 10.3. The van der Waals surface area contributed by atoms with E-state index in [-0.39, 0.29) is 5.91 Å². The molecule has 2 aromatic carbocycles. The van der Waals surface area contributed by atoms with E-state index in [9.17, 15) is 4.79 Å². The number of benzene rings is 2. The molecule has 0 spiro atoms. The summed E-state index contributed by atoms with van der Waals surface area (Å²) < 4.78 is 0. The Morgan fingerprint density at radius 2 is 1.84 bits per heavy atom. The molecule has 1 heterocycles. The number of nitrogens with zero attached hydrogens (tertiary/aromatic N) is 2. The summed E-state index contributed by atoms with van der Waals surface area (Å²) in [7, 11) is 0. The fraction of sp³-hybridized carbons (Fsp3) is 0.150. The van der Waals surface area contributed by atoms with Crippen LogP contribution < -0.4 is 10.6 Å². The number of para-hydroxylation sites is 2. The second kappa shape index (κ2) is 7.57. The second-order valence-corrected chi connectivity index (χ2v) is 5.67. The van der Waals surface area contributed by atoms with Gasteiger partial charge in [-0.2, -0.15) is 0 Å². The number of hydrogen-bond donors (Lipinski definition) is 2. The molecule has 126 valence electrons. The first-order chi connectivity index (χ1) is 12.2. The van der Waals surface area contributed by atoms with Crippen molar-refractivity contribution >= 4 is 23.2 Å². The molecule has 5 nitrogen and oxygen atoms in total. The number of amides is 1. The molecule has 3 aromatic rings. The predicted molar refractivity (Wildman–Crippen MR) is 100 cm³/mol. The van der Waals surface area contributed by atoms with Gasteiger partial charge in [-0.3, -0.25) is 4.79 Å². The summed E-state index contributed by atoms with van der Waals surface area (Å²) in [5.74, 6) is 0.141. The van der Waals surface area contributed by atoms with Crippen LogP contribution in [-0.4, -0.2) is 15.9 Å². The van der Waals surface area contributed by atoms with E-state index in [4.69, 9.17) is 0 Å². The minimum atomic E-state index is -0.267. The summed E-state index contributed by atoms with van der Waals surface area (Å²) >= 11 is 0. The standard InChI is InChI=1S/C20H20N4O/c1-3-15-9-7-8-14(2)18(15)24-20-21-13-12-17(23-20)19(25)22-16-10-5-4-6-11-16/h4-13H,3H2,1-2H3,(H,22,25)(H,21,23,24). The first kappa shape index (κ1) is 16.6. The van der Waals surface area contributed by atoms with Crippen LogP contribution in [0, 0.1) is 6.92 Å². The third kappa shape index (κ3) is 4.01. The van der Waals surface area contributed by atoms with Crippen LogP contribution in [0.15, 0.2) is 60.8 Å². The molecule has 2 N–H and O–H groups in total. The number of nitrogens with one attached hydrogen (secondary N) is 2. The molecule has 25 heavy (non-hydrogen) atoms. The van der Waals surface area contributed by atoms with Crippen molar-refractivity contribution in [3.05, 3.63) is 77.6 Å². The van der Waals surface area contributed by atoms with Crippen LogP contribution >= 0.6 is 0 Å². The number of carbonyl (C=O) groups is 1. The third-order valence-electron chi connectivity index (χ3n) is 3.90. The lowest BCUT2D eigenvalue weighted by Crippen LogP contribution is -2.15. The highest BCUT2D eigenvalue weighted by atomic mass is 16.1. The first-order valence-corrected chi connectivity index (χ1v) is 8.22. The van der Waals surface area contributed by atoms with Crippen molar-refractivity contribution in [2.75, 3.05) is 10.6 Å². The Morgan fingerprint density at radius 3 is 2.60 bits per heavy atom. The topological polar surface area (TPSA) is 66.9 Å². The Morgan fingerprint density at radius 1 is 1.04 bits per heavy atom. The van der Waals surface area contributed by atoms with E-state index < -0.39 is 0 Å². The Kier molecular flexibility index (Phi) is 5.04. The van der Waals surface area contributed by atoms with E-state index in [0.717, 1.165) is 23.4 Å². The van der Waals surface area contributed by atoms with Crippen LogP contribution in [-0.2, 0) is 6.42 Å². The van der Waals surface area contributed by atoms with Crippen molar-refractivity contribution in [1.29, 1.82) is 0 Å². The summed E-state index contributed by atoms with van der Waals surface area (Å²) in [6.45, 7) is 4.14. The van der Waals surface area contributed by atoms with E-state index in [1.165, 1.54) is 5.56 Å². The minimum absolute atomic E-state index is 0.267. The molecule has 0 atom stereocenters. The van der Waals surface area contributed by atoms with Gasteiger partial charge in [-0.05, 0) is 42.7 Å². The Bertz CT molecular complexity index is 878. The Balaban J connectivity index is 1.81. The van der Waals surface area contributed by atoms with Gasteiger partial charge in [0.2, 0.25) is 5.95 Å². The van der Waals surface area contributed by atoms with E-state index in [1.54, 1.807) is 12.3 Å². The number of hydrogen-bond acceptors (Lipinski definition) is 4.